The van der Waals surface area contributed by atoms with Gasteiger partial charge in [-0.2, -0.15) is 0 Å². The smallest absolute Gasteiger partial charge is 0.223 e. The molecule has 1 aromatic carbocycles. The van der Waals surface area contributed by atoms with Gasteiger partial charge in [0.15, 0.2) is 5.82 Å². The molecular weight excluding hydrogens is 446 g/mol. The van der Waals surface area contributed by atoms with Crippen LogP contribution < -0.4 is 10.2 Å². The first-order chi connectivity index (χ1) is 16.6. The molecule has 1 amide bonds. The molecule has 2 aliphatic heterocycles. The van der Waals surface area contributed by atoms with Gasteiger partial charge in [-0.15, -0.1) is 10.2 Å². The van der Waals surface area contributed by atoms with Crippen LogP contribution in [0.25, 0.3) is 0 Å². The van der Waals surface area contributed by atoms with Crippen LogP contribution in [0.2, 0.25) is 0 Å². The highest BCUT2D eigenvalue weighted by molar-refractivity contribution is 7.99. The molecule has 1 N–H and O–H groups in total. The zero-order valence-electron chi connectivity index (χ0n) is 20.4. The molecule has 2 fully saturated rings. The van der Waals surface area contributed by atoms with Gasteiger partial charge in [-0.3, -0.25) is 9.69 Å². The minimum Gasteiger partial charge on any atom is -0.379 e. The summed E-state index contributed by atoms with van der Waals surface area (Å²) in [5, 5.41) is 12.9. The standard InChI is InChI=1S/C26H37N5O2S/c1-20(2)21-4-6-23(7-5-21)34-25-9-8-24(28-29-25)31-14-10-22(11-15-31)26(32)27-12-3-13-30-16-18-33-19-17-30/h4-9,20,22H,3,10-19H2,1-2H3,(H,27,32). The number of nitrogens with zero attached hydrogens (tertiary/aromatic N) is 4. The van der Waals surface area contributed by atoms with Crippen molar-refractivity contribution in [3.8, 4) is 0 Å². The zero-order valence-corrected chi connectivity index (χ0v) is 21.2. The van der Waals surface area contributed by atoms with Crippen LogP contribution >= 0.6 is 11.8 Å². The average molecular weight is 484 g/mol. The predicted octanol–water partition coefficient (Wildman–Crippen LogP) is 3.81. The van der Waals surface area contributed by atoms with E-state index in [1.54, 1.807) is 11.8 Å². The fourth-order valence-corrected chi connectivity index (χ4v) is 5.16. The molecule has 0 radical (unpaired) electrons. The second-order valence-corrected chi connectivity index (χ2v) is 10.5. The Bertz CT molecular complexity index is 892. The molecule has 2 aromatic rings. The van der Waals surface area contributed by atoms with Gasteiger partial charge >= 0.3 is 0 Å². The normalized spacial score (nSPS) is 17.8. The first-order valence-corrected chi connectivity index (χ1v) is 13.3. The molecule has 8 heteroatoms. The number of benzene rings is 1. The third kappa shape index (κ3) is 7.17. The minimum atomic E-state index is 0.0937. The molecule has 1 aromatic heterocycles. The molecule has 0 bridgehead atoms. The number of carbonyl (C=O) groups is 1. The minimum absolute atomic E-state index is 0.0937. The fourth-order valence-electron chi connectivity index (χ4n) is 4.43. The maximum Gasteiger partial charge on any atom is 0.223 e. The second kappa shape index (κ2) is 12.5. The summed E-state index contributed by atoms with van der Waals surface area (Å²) >= 11 is 1.63. The van der Waals surface area contributed by atoms with Crippen LogP contribution in [0.3, 0.4) is 0 Å². The Labute approximate surface area is 207 Å². The monoisotopic (exact) mass is 483 g/mol. The van der Waals surface area contributed by atoms with Crippen LogP contribution in [0.1, 0.15) is 44.6 Å². The van der Waals surface area contributed by atoms with Gasteiger partial charge in [0.25, 0.3) is 0 Å². The van der Waals surface area contributed by atoms with Crippen LogP contribution in [0.15, 0.2) is 46.3 Å². The van der Waals surface area contributed by atoms with Gasteiger partial charge in [0.2, 0.25) is 5.91 Å². The summed E-state index contributed by atoms with van der Waals surface area (Å²) in [6, 6.07) is 12.7. The first kappa shape index (κ1) is 24.9. The number of nitrogens with one attached hydrogen (secondary N) is 1. The Hall–Kier alpha value is -2.16. The van der Waals surface area contributed by atoms with Gasteiger partial charge in [0.1, 0.15) is 5.03 Å². The van der Waals surface area contributed by atoms with Crippen LogP contribution in [0.5, 0.6) is 0 Å². The summed E-state index contributed by atoms with van der Waals surface area (Å²) in [6.45, 7) is 11.5. The maximum absolute atomic E-state index is 12.6. The van der Waals surface area contributed by atoms with Crippen LogP contribution in [0, 0.1) is 5.92 Å². The van der Waals surface area contributed by atoms with E-state index >= 15 is 0 Å². The van der Waals surface area contributed by atoms with Crippen molar-refractivity contribution >= 4 is 23.5 Å². The molecule has 34 heavy (non-hydrogen) atoms. The van der Waals surface area contributed by atoms with Crippen molar-refractivity contribution in [2.24, 2.45) is 5.92 Å². The Morgan fingerprint density at radius 2 is 1.79 bits per heavy atom. The van der Waals surface area contributed by atoms with Crippen LogP contribution in [0.4, 0.5) is 5.82 Å². The van der Waals surface area contributed by atoms with Gasteiger partial charge in [-0.25, -0.2) is 0 Å². The Balaban J connectivity index is 1.17. The number of piperidine rings is 1. The number of hydrogen-bond acceptors (Lipinski definition) is 7. The van der Waals surface area contributed by atoms with E-state index in [0.717, 1.165) is 82.6 Å². The number of ether oxygens (including phenoxy) is 1. The predicted molar refractivity (Wildman–Crippen MR) is 137 cm³/mol. The summed E-state index contributed by atoms with van der Waals surface area (Å²) in [7, 11) is 0. The average Bonchev–Trinajstić information content (AvgIpc) is 2.88. The fraction of sp³-hybridized carbons (Fsp3) is 0.577. The molecule has 4 rings (SSSR count). The third-order valence-corrected chi connectivity index (χ3v) is 7.57. The van der Waals surface area contributed by atoms with Crippen molar-refractivity contribution in [1.29, 1.82) is 0 Å². The molecule has 2 saturated heterocycles. The Morgan fingerprint density at radius 3 is 2.44 bits per heavy atom. The maximum atomic E-state index is 12.6. The highest BCUT2D eigenvalue weighted by Crippen LogP contribution is 2.28. The topological polar surface area (TPSA) is 70.6 Å². The Kier molecular flexibility index (Phi) is 9.18. The molecule has 2 aliphatic rings. The quantitative estimate of drug-likeness (QED) is 0.544. The first-order valence-electron chi connectivity index (χ1n) is 12.5. The largest absolute Gasteiger partial charge is 0.379 e. The number of morpholine rings is 1. The summed E-state index contributed by atoms with van der Waals surface area (Å²) in [4.78, 5) is 18.4. The van der Waals surface area contributed by atoms with E-state index in [1.165, 1.54) is 10.5 Å². The van der Waals surface area contributed by atoms with Gasteiger partial charge in [-0.05, 0) is 61.6 Å². The molecule has 0 saturated carbocycles. The highest BCUT2D eigenvalue weighted by Gasteiger charge is 2.25. The van der Waals surface area contributed by atoms with Crippen molar-refractivity contribution in [2.75, 3.05) is 57.4 Å². The van der Waals surface area contributed by atoms with Gasteiger partial charge < -0.3 is 15.0 Å². The molecule has 7 nitrogen and oxygen atoms in total. The lowest BCUT2D eigenvalue weighted by Crippen LogP contribution is -2.42. The lowest BCUT2D eigenvalue weighted by atomic mass is 9.96. The molecule has 3 heterocycles. The zero-order chi connectivity index (χ0) is 23.8. The van der Waals surface area contributed by atoms with Gasteiger partial charge in [-0.1, -0.05) is 37.7 Å². The van der Waals surface area contributed by atoms with Crippen LogP contribution in [-0.2, 0) is 9.53 Å². The molecule has 0 atom stereocenters. The SMILES string of the molecule is CC(C)c1ccc(Sc2ccc(N3CCC(C(=O)NCCCN4CCOCC4)CC3)nn2)cc1. The van der Waals surface area contributed by atoms with Crippen molar-refractivity contribution in [1.82, 2.24) is 20.4 Å². The molecule has 0 spiro atoms. The van der Waals surface area contributed by atoms with Crippen molar-refractivity contribution in [3.63, 3.8) is 0 Å². The van der Waals surface area contributed by atoms with Crippen molar-refractivity contribution < 1.29 is 9.53 Å². The number of amides is 1. The van der Waals surface area contributed by atoms with Gasteiger partial charge in [0, 0.05) is 43.5 Å². The number of anilines is 1. The second-order valence-electron chi connectivity index (χ2n) is 9.42. The number of rotatable bonds is 9. The lowest BCUT2D eigenvalue weighted by Gasteiger charge is -2.32. The van der Waals surface area contributed by atoms with E-state index in [4.69, 9.17) is 4.74 Å². The number of hydrogen-bond donors (Lipinski definition) is 1. The molecule has 0 unspecified atom stereocenters. The van der Waals surface area contributed by atoms with Crippen LogP contribution in [-0.4, -0.2) is 73.5 Å². The van der Waals surface area contributed by atoms with E-state index in [-0.39, 0.29) is 11.8 Å². The summed E-state index contributed by atoms with van der Waals surface area (Å²) in [5.41, 5.74) is 1.34. The summed E-state index contributed by atoms with van der Waals surface area (Å²) < 4.78 is 5.38. The molecular formula is C26H37N5O2S. The van der Waals surface area contributed by atoms with E-state index in [2.05, 4.69) is 63.4 Å². The Morgan fingerprint density at radius 1 is 1.06 bits per heavy atom. The van der Waals surface area contributed by atoms with E-state index in [1.807, 2.05) is 12.1 Å². The van der Waals surface area contributed by atoms with E-state index in [9.17, 15) is 4.79 Å². The van der Waals surface area contributed by atoms with Crippen molar-refractivity contribution in [3.05, 3.63) is 42.0 Å². The highest BCUT2D eigenvalue weighted by atomic mass is 32.2. The molecule has 184 valence electrons. The van der Waals surface area contributed by atoms with E-state index in [0.29, 0.717) is 5.92 Å². The summed E-state index contributed by atoms with van der Waals surface area (Å²) in [6.07, 6.45) is 2.71. The third-order valence-electron chi connectivity index (χ3n) is 6.64. The lowest BCUT2D eigenvalue weighted by molar-refractivity contribution is -0.125. The van der Waals surface area contributed by atoms with Crippen molar-refractivity contribution in [2.45, 2.75) is 48.9 Å². The number of aromatic nitrogens is 2. The van der Waals surface area contributed by atoms with Gasteiger partial charge in [0.05, 0.1) is 13.2 Å². The summed E-state index contributed by atoms with van der Waals surface area (Å²) in [5.74, 6) is 1.72. The van der Waals surface area contributed by atoms with E-state index < -0.39 is 0 Å². The molecule has 0 aliphatic carbocycles. The number of carbonyl (C=O) groups excluding carboxylic acids is 1.